The van der Waals surface area contributed by atoms with E-state index < -0.39 is 0 Å². The number of nitrogens with zero attached hydrogens (tertiary/aromatic N) is 1. The first-order valence-electron chi connectivity index (χ1n) is 3.77. The predicted molar refractivity (Wildman–Crippen MR) is 53.7 cm³/mol. The number of benzene rings is 1. The lowest BCUT2D eigenvalue weighted by molar-refractivity contribution is -0.105. The minimum absolute atomic E-state index is 0.402. The Hall–Kier alpha value is -1.64. The molecule has 0 spiro atoms. The van der Waals surface area contributed by atoms with E-state index in [0.717, 1.165) is 5.56 Å². The number of aryl methyl sites for hydroxylation is 1. The third-order valence-corrected chi connectivity index (χ3v) is 1.98. The summed E-state index contributed by atoms with van der Waals surface area (Å²) in [4.78, 5) is 23.7. The fourth-order valence-electron chi connectivity index (χ4n) is 1.00. The summed E-state index contributed by atoms with van der Waals surface area (Å²) >= 11 is 5.82. The van der Waals surface area contributed by atoms with Crippen LogP contribution in [0, 0.1) is 6.92 Å². The molecular weight excluding hydrogens is 204 g/mol. The maximum atomic E-state index is 10.2. The lowest BCUT2D eigenvalue weighted by Crippen LogP contribution is -1.94. The maximum absolute atomic E-state index is 10.2. The Kier molecular flexibility index (Phi) is 3.40. The van der Waals surface area contributed by atoms with Crippen molar-refractivity contribution in [1.29, 1.82) is 0 Å². The van der Waals surface area contributed by atoms with Crippen molar-refractivity contribution in [3.05, 3.63) is 22.7 Å². The number of rotatable bonds is 3. The van der Waals surface area contributed by atoms with E-state index in [2.05, 4.69) is 10.3 Å². The molecule has 14 heavy (non-hydrogen) atoms. The van der Waals surface area contributed by atoms with E-state index in [-0.39, 0.29) is 0 Å². The summed E-state index contributed by atoms with van der Waals surface area (Å²) in [5, 5.41) is 2.80. The number of carbonyl (C=O) groups excluding carboxylic acids is 2. The summed E-state index contributed by atoms with van der Waals surface area (Å²) in [5.41, 5.74) is 1.60. The van der Waals surface area contributed by atoms with E-state index in [1.807, 2.05) is 0 Å². The topological polar surface area (TPSA) is 58.5 Å². The van der Waals surface area contributed by atoms with Gasteiger partial charge in [0.05, 0.1) is 16.4 Å². The van der Waals surface area contributed by atoms with Crippen LogP contribution >= 0.6 is 11.6 Å². The van der Waals surface area contributed by atoms with Gasteiger partial charge in [-0.25, -0.2) is 4.79 Å². The number of anilines is 1. The van der Waals surface area contributed by atoms with Crippen LogP contribution in [0.25, 0.3) is 0 Å². The van der Waals surface area contributed by atoms with Crippen LogP contribution in [0.1, 0.15) is 5.56 Å². The fourth-order valence-corrected chi connectivity index (χ4v) is 1.28. The third-order valence-electron chi connectivity index (χ3n) is 1.67. The molecule has 0 saturated heterocycles. The van der Waals surface area contributed by atoms with Crippen molar-refractivity contribution in [2.75, 3.05) is 5.32 Å². The first kappa shape index (κ1) is 10.4. The Bertz CT molecular complexity index is 412. The van der Waals surface area contributed by atoms with E-state index in [1.54, 1.807) is 13.0 Å². The van der Waals surface area contributed by atoms with Crippen molar-refractivity contribution in [3.8, 4) is 0 Å². The molecule has 5 heteroatoms. The van der Waals surface area contributed by atoms with Crippen LogP contribution in [0.15, 0.2) is 17.1 Å². The smallest absolute Gasteiger partial charge is 0.240 e. The van der Waals surface area contributed by atoms with Gasteiger partial charge in [-0.3, -0.25) is 4.79 Å². The number of hydrogen-bond acceptors (Lipinski definition) is 3. The van der Waals surface area contributed by atoms with Crippen molar-refractivity contribution in [3.63, 3.8) is 0 Å². The van der Waals surface area contributed by atoms with Gasteiger partial charge in [-0.1, -0.05) is 11.6 Å². The highest BCUT2D eigenvalue weighted by atomic mass is 35.5. The molecule has 0 aliphatic carbocycles. The summed E-state index contributed by atoms with van der Waals surface area (Å²) in [7, 11) is 0. The first-order valence-corrected chi connectivity index (χ1v) is 4.15. The second-order valence-electron chi connectivity index (χ2n) is 2.58. The van der Waals surface area contributed by atoms with Gasteiger partial charge >= 0.3 is 0 Å². The van der Waals surface area contributed by atoms with Crippen molar-refractivity contribution in [2.24, 2.45) is 4.99 Å². The number of hydrogen-bond donors (Lipinski definition) is 1. The third kappa shape index (κ3) is 2.19. The van der Waals surface area contributed by atoms with E-state index in [0.29, 0.717) is 22.8 Å². The molecular formula is C9H7ClN2O2. The van der Waals surface area contributed by atoms with Gasteiger partial charge < -0.3 is 5.32 Å². The molecule has 0 unspecified atom stereocenters. The Morgan fingerprint density at radius 3 is 2.86 bits per heavy atom. The Labute approximate surface area is 85.6 Å². The molecule has 0 fully saturated rings. The van der Waals surface area contributed by atoms with Gasteiger partial charge in [0.25, 0.3) is 0 Å². The minimum Gasteiger partial charge on any atom is -0.327 e. The molecule has 4 nitrogen and oxygen atoms in total. The highest BCUT2D eigenvalue weighted by Gasteiger charge is 2.04. The summed E-state index contributed by atoms with van der Waals surface area (Å²) in [5.74, 6) is 0. The molecule has 0 saturated carbocycles. The van der Waals surface area contributed by atoms with E-state index >= 15 is 0 Å². The lowest BCUT2D eigenvalue weighted by Gasteiger charge is -2.05. The van der Waals surface area contributed by atoms with Gasteiger partial charge in [0.1, 0.15) is 0 Å². The SMILES string of the molecule is Cc1cc(Cl)c(NC=O)cc1N=C=O. The average Bonchev–Trinajstić information content (AvgIpc) is 2.14. The quantitative estimate of drug-likeness (QED) is 0.472. The number of isocyanates is 1. The van der Waals surface area contributed by atoms with Crippen molar-refractivity contribution in [1.82, 2.24) is 0 Å². The Morgan fingerprint density at radius 2 is 2.29 bits per heavy atom. The molecule has 0 radical (unpaired) electrons. The molecule has 0 aromatic heterocycles. The van der Waals surface area contributed by atoms with Crippen LogP contribution in [-0.4, -0.2) is 12.5 Å². The zero-order valence-corrected chi connectivity index (χ0v) is 8.13. The molecule has 0 atom stereocenters. The molecule has 1 aromatic rings. The zero-order chi connectivity index (χ0) is 10.6. The highest BCUT2D eigenvalue weighted by molar-refractivity contribution is 6.33. The second-order valence-corrected chi connectivity index (χ2v) is 2.99. The zero-order valence-electron chi connectivity index (χ0n) is 7.37. The van der Waals surface area contributed by atoms with Gasteiger partial charge in [0.2, 0.25) is 12.5 Å². The molecule has 0 heterocycles. The molecule has 0 aliphatic rings. The standard InChI is InChI=1S/C9H7ClN2O2/c1-6-2-7(10)9(12-5-14)3-8(6)11-4-13/h2-3,5H,1H3,(H,12,14). The number of amides is 1. The molecule has 1 aromatic carbocycles. The van der Waals surface area contributed by atoms with E-state index in [9.17, 15) is 9.59 Å². The van der Waals surface area contributed by atoms with Crippen LogP contribution < -0.4 is 5.32 Å². The summed E-state index contributed by atoms with van der Waals surface area (Å²) in [6.45, 7) is 1.76. The largest absolute Gasteiger partial charge is 0.327 e. The van der Waals surface area contributed by atoms with Crippen LogP contribution in [0.2, 0.25) is 5.02 Å². The summed E-state index contributed by atoms with van der Waals surface area (Å²) in [6.07, 6.45) is 1.93. The van der Waals surface area contributed by atoms with Crippen molar-refractivity contribution < 1.29 is 9.59 Å². The Morgan fingerprint density at radius 1 is 1.57 bits per heavy atom. The molecule has 1 rings (SSSR count). The van der Waals surface area contributed by atoms with Gasteiger partial charge in [-0.05, 0) is 24.6 Å². The van der Waals surface area contributed by atoms with Gasteiger partial charge in [-0.15, -0.1) is 0 Å². The predicted octanol–water partition coefficient (Wildman–Crippen LogP) is 2.18. The summed E-state index contributed by atoms with van der Waals surface area (Å²) < 4.78 is 0. The molecule has 72 valence electrons. The normalized spacial score (nSPS) is 9.00. The number of nitrogens with one attached hydrogen (secondary N) is 1. The molecule has 1 amide bonds. The fraction of sp³-hybridized carbons (Fsp3) is 0.111. The average molecular weight is 211 g/mol. The number of aliphatic imine (C=N–C) groups is 1. The molecule has 0 bridgehead atoms. The molecule has 1 N–H and O–H groups in total. The van der Waals surface area contributed by atoms with Crippen LogP contribution in [0.4, 0.5) is 11.4 Å². The van der Waals surface area contributed by atoms with E-state index in [4.69, 9.17) is 11.6 Å². The second kappa shape index (κ2) is 4.56. The Balaban J connectivity index is 3.25. The number of carbonyl (C=O) groups is 1. The first-order chi connectivity index (χ1) is 6.69. The maximum Gasteiger partial charge on any atom is 0.240 e. The monoisotopic (exact) mass is 210 g/mol. The summed E-state index contributed by atoms with van der Waals surface area (Å²) in [6, 6.07) is 3.13. The van der Waals surface area contributed by atoms with E-state index in [1.165, 1.54) is 12.1 Å². The molecule has 0 aliphatic heterocycles. The van der Waals surface area contributed by atoms with Crippen molar-refractivity contribution in [2.45, 2.75) is 6.92 Å². The van der Waals surface area contributed by atoms with Gasteiger partial charge in [-0.2, -0.15) is 4.99 Å². The minimum atomic E-state index is 0.402. The van der Waals surface area contributed by atoms with Gasteiger partial charge in [0.15, 0.2) is 0 Å². The van der Waals surface area contributed by atoms with Crippen LogP contribution in [-0.2, 0) is 9.59 Å². The van der Waals surface area contributed by atoms with Gasteiger partial charge in [0, 0.05) is 0 Å². The highest BCUT2D eigenvalue weighted by Crippen LogP contribution is 2.29. The lowest BCUT2D eigenvalue weighted by atomic mass is 10.2. The van der Waals surface area contributed by atoms with Crippen molar-refractivity contribution >= 4 is 35.5 Å². The van der Waals surface area contributed by atoms with Crippen LogP contribution in [0.3, 0.4) is 0 Å². The van der Waals surface area contributed by atoms with Crippen LogP contribution in [0.5, 0.6) is 0 Å². The number of halogens is 1.